The van der Waals surface area contributed by atoms with Crippen LogP contribution in [0.5, 0.6) is 0 Å². The van der Waals surface area contributed by atoms with E-state index >= 15 is 0 Å². The lowest BCUT2D eigenvalue weighted by molar-refractivity contribution is -0.136. The fraction of sp³-hybridized carbons (Fsp3) is 0.167. The lowest BCUT2D eigenvalue weighted by atomic mass is 10.1. The second kappa shape index (κ2) is 5.75. The van der Waals surface area contributed by atoms with E-state index in [4.69, 9.17) is 5.11 Å². The second-order valence-electron chi connectivity index (χ2n) is 3.12. The minimum Gasteiger partial charge on any atom is -0.481 e. The maximum absolute atomic E-state index is 10.4. The van der Waals surface area contributed by atoms with Gasteiger partial charge in [0.2, 0.25) is 0 Å². The molecule has 0 spiro atoms. The second-order valence-corrected chi connectivity index (χ2v) is 3.12. The molecule has 0 bridgehead atoms. The van der Waals surface area contributed by atoms with E-state index < -0.39 is 5.97 Å². The van der Waals surface area contributed by atoms with Crippen molar-refractivity contribution in [2.24, 2.45) is 0 Å². The first-order valence-corrected chi connectivity index (χ1v) is 4.66. The smallest absolute Gasteiger partial charge is 0.303 e. The summed E-state index contributed by atoms with van der Waals surface area (Å²) < 4.78 is 0. The minimum absolute atomic E-state index is 0.142. The van der Waals surface area contributed by atoms with Crippen molar-refractivity contribution in [2.45, 2.75) is 12.8 Å². The predicted molar refractivity (Wildman–Crippen MR) is 57.7 cm³/mol. The highest BCUT2D eigenvalue weighted by Crippen LogP contribution is 2.05. The Bertz CT molecular complexity index is 363. The van der Waals surface area contributed by atoms with Crippen LogP contribution in [0.1, 0.15) is 28.8 Å². The van der Waals surface area contributed by atoms with Crippen molar-refractivity contribution in [3.8, 4) is 0 Å². The highest BCUT2D eigenvalue weighted by Gasteiger charge is 1.92. The van der Waals surface area contributed by atoms with Crippen molar-refractivity contribution in [1.29, 1.82) is 0 Å². The van der Waals surface area contributed by atoms with E-state index in [1.807, 2.05) is 24.3 Å². The number of benzene rings is 1. The first-order valence-electron chi connectivity index (χ1n) is 4.66. The van der Waals surface area contributed by atoms with Crippen LogP contribution < -0.4 is 0 Å². The topological polar surface area (TPSA) is 54.4 Å². The molecule has 78 valence electrons. The van der Waals surface area contributed by atoms with Crippen molar-refractivity contribution in [3.63, 3.8) is 0 Å². The quantitative estimate of drug-likeness (QED) is 0.749. The molecule has 0 saturated carbocycles. The maximum atomic E-state index is 10.4. The fourth-order valence-electron chi connectivity index (χ4n) is 1.11. The lowest BCUT2D eigenvalue weighted by Crippen LogP contribution is -1.91. The van der Waals surface area contributed by atoms with Gasteiger partial charge in [-0.05, 0) is 12.0 Å². The molecule has 0 fully saturated rings. The summed E-state index contributed by atoms with van der Waals surface area (Å²) in [6.45, 7) is 0. The summed E-state index contributed by atoms with van der Waals surface area (Å²) in [5, 5.41) is 8.41. The molecule has 3 heteroatoms. The molecule has 1 aromatic carbocycles. The molecule has 1 N–H and O–H groups in total. The lowest BCUT2D eigenvalue weighted by Gasteiger charge is -1.93. The van der Waals surface area contributed by atoms with Gasteiger partial charge >= 0.3 is 5.97 Å². The average molecular weight is 204 g/mol. The van der Waals surface area contributed by atoms with Crippen molar-refractivity contribution < 1.29 is 14.7 Å². The summed E-state index contributed by atoms with van der Waals surface area (Å²) in [5.74, 6) is -0.795. The normalized spacial score (nSPS) is 10.4. The summed E-state index contributed by atoms with van der Waals surface area (Å²) in [5.41, 5.74) is 1.60. The maximum Gasteiger partial charge on any atom is 0.303 e. The Morgan fingerprint density at radius 2 is 1.80 bits per heavy atom. The van der Waals surface area contributed by atoms with Crippen LogP contribution in [0.25, 0.3) is 6.08 Å². The van der Waals surface area contributed by atoms with E-state index in [0.29, 0.717) is 12.0 Å². The Morgan fingerprint density at radius 1 is 1.20 bits per heavy atom. The molecule has 3 nitrogen and oxygen atoms in total. The van der Waals surface area contributed by atoms with Crippen LogP contribution in [0.2, 0.25) is 0 Å². The third-order valence-corrected chi connectivity index (χ3v) is 1.91. The SMILES string of the molecule is O=Cc1ccc(/C=C/CCC(=O)O)cc1. The van der Waals surface area contributed by atoms with Gasteiger partial charge in [0.1, 0.15) is 6.29 Å². The number of rotatable bonds is 5. The van der Waals surface area contributed by atoms with Gasteiger partial charge in [0.15, 0.2) is 0 Å². The van der Waals surface area contributed by atoms with Gasteiger partial charge in [0.25, 0.3) is 0 Å². The molecule has 15 heavy (non-hydrogen) atoms. The van der Waals surface area contributed by atoms with Crippen LogP contribution in [-0.4, -0.2) is 17.4 Å². The largest absolute Gasteiger partial charge is 0.481 e. The number of aliphatic carboxylic acids is 1. The van der Waals surface area contributed by atoms with Crippen LogP contribution in [0.4, 0.5) is 0 Å². The van der Waals surface area contributed by atoms with Gasteiger partial charge in [0.05, 0.1) is 0 Å². The summed E-state index contributed by atoms with van der Waals surface area (Å²) in [6, 6.07) is 7.09. The number of aldehydes is 1. The van der Waals surface area contributed by atoms with Gasteiger partial charge in [0, 0.05) is 12.0 Å². The summed E-state index contributed by atoms with van der Waals surface area (Å²) >= 11 is 0. The molecule has 0 unspecified atom stereocenters. The number of carbonyl (C=O) groups excluding carboxylic acids is 1. The van der Waals surface area contributed by atoms with Gasteiger partial charge in [-0.15, -0.1) is 0 Å². The summed E-state index contributed by atoms with van der Waals surface area (Å²) in [7, 11) is 0. The third-order valence-electron chi connectivity index (χ3n) is 1.91. The Morgan fingerprint density at radius 3 is 2.33 bits per heavy atom. The Kier molecular flexibility index (Phi) is 4.29. The molecular formula is C12H12O3. The Labute approximate surface area is 88.0 Å². The van der Waals surface area contributed by atoms with Gasteiger partial charge in [-0.25, -0.2) is 0 Å². The highest BCUT2D eigenvalue weighted by atomic mass is 16.4. The van der Waals surface area contributed by atoms with Crippen LogP contribution >= 0.6 is 0 Å². The number of carbonyl (C=O) groups is 2. The molecule has 0 aliphatic carbocycles. The van der Waals surface area contributed by atoms with Crippen molar-refractivity contribution >= 4 is 18.3 Å². The Hall–Kier alpha value is -1.90. The standard InChI is InChI=1S/C12H12O3/c13-9-11-7-5-10(6-8-11)3-1-2-4-12(14)15/h1,3,5-9H,2,4H2,(H,14,15)/b3-1+. The number of carboxylic acid groups (broad SMARTS) is 1. The number of allylic oxidation sites excluding steroid dienone is 1. The average Bonchev–Trinajstić information content (AvgIpc) is 2.25. The third kappa shape index (κ3) is 4.22. The monoisotopic (exact) mass is 204 g/mol. The van der Waals surface area contributed by atoms with E-state index in [1.165, 1.54) is 0 Å². The van der Waals surface area contributed by atoms with Crippen LogP contribution in [0.3, 0.4) is 0 Å². The van der Waals surface area contributed by atoms with Gasteiger partial charge < -0.3 is 5.11 Å². The van der Waals surface area contributed by atoms with Gasteiger partial charge in [-0.3, -0.25) is 9.59 Å². The molecule has 0 aliphatic heterocycles. The van der Waals surface area contributed by atoms with E-state index in [2.05, 4.69) is 0 Å². The summed E-state index contributed by atoms with van der Waals surface area (Å²) in [6.07, 6.45) is 5.10. The molecule has 0 saturated heterocycles. The molecular weight excluding hydrogens is 192 g/mol. The van der Waals surface area contributed by atoms with E-state index in [0.717, 1.165) is 11.8 Å². The first-order chi connectivity index (χ1) is 7.22. The van der Waals surface area contributed by atoms with Crippen molar-refractivity contribution in [1.82, 2.24) is 0 Å². The zero-order valence-corrected chi connectivity index (χ0v) is 8.22. The van der Waals surface area contributed by atoms with E-state index in [-0.39, 0.29) is 6.42 Å². The van der Waals surface area contributed by atoms with Crippen molar-refractivity contribution in [3.05, 3.63) is 41.5 Å². The van der Waals surface area contributed by atoms with Gasteiger partial charge in [-0.1, -0.05) is 36.4 Å². The Balaban J connectivity index is 2.49. The fourth-order valence-corrected chi connectivity index (χ4v) is 1.11. The zero-order valence-electron chi connectivity index (χ0n) is 8.22. The highest BCUT2D eigenvalue weighted by molar-refractivity contribution is 5.75. The molecule has 0 heterocycles. The minimum atomic E-state index is -0.795. The van der Waals surface area contributed by atoms with Gasteiger partial charge in [-0.2, -0.15) is 0 Å². The van der Waals surface area contributed by atoms with E-state index in [1.54, 1.807) is 12.1 Å². The molecule has 0 atom stereocenters. The number of hydrogen-bond acceptors (Lipinski definition) is 2. The zero-order chi connectivity index (χ0) is 11.1. The van der Waals surface area contributed by atoms with Crippen molar-refractivity contribution in [2.75, 3.05) is 0 Å². The molecule has 0 aliphatic rings. The molecule has 0 amide bonds. The van der Waals surface area contributed by atoms with E-state index in [9.17, 15) is 9.59 Å². The molecule has 1 aromatic rings. The predicted octanol–water partition coefficient (Wildman–Crippen LogP) is 2.38. The molecule has 0 aromatic heterocycles. The number of carboxylic acids is 1. The molecule has 0 radical (unpaired) electrons. The first kappa shape index (κ1) is 11.2. The number of hydrogen-bond donors (Lipinski definition) is 1. The summed E-state index contributed by atoms with van der Waals surface area (Å²) in [4.78, 5) is 20.6. The molecule has 1 rings (SSSR count). The van der Waals surface area contributed by atoms with Crippen LogP contribution in [-0.2, 0) is 4.79 Å². The van der Waals surface area contributed by atoms with Crippen LogP contribution in [0.15, 0.2) is 30.3 Å². The van der Waals surface area contributed by atoms with Crippen LogP contribution in [0, 0.1) is 0 Å².